The van der Waals surface area contributed by atoms with E-state index in [0.29, 0.717) is 18.0 Å². The van der Waals surface area contributed by atoms with Crippen LogP contribution in [-0.4, -0.2) is 36.4 Å². The second-order valence-electron chi connectivity index (χ2n) is 4.39. The van der Waals surface area contributed by atoms with Gasteiger partial charge in [-0.05, 0) is 25.0 Å². The van der Waals surface area contributed by atoms with Crippen LogP contribution in [0.15, 0.2) is 12.1 Å². The average Bonchev–Trinajstić information content (AvgIpc) is 2.36. The highest BCUT2D eigenvalue weighted by Crippen LogP contribution is 2.18. The van der Waals surface area contributed by atoms with Crippen molar-refractivity contribution in [1.82, 2.24) is 9.88 Å². The van der Waals surface area contributed by atoms with Gasteiger partial charge in [0.15, 0.2) is 0 Å². The fourth-order valence-electron chi connectivity index (χ4n) is 1.46. The number of nitrogens with one attached hydrogen (secondary N) is 1. The largest absolute Gasteiger partial charge is 0.373 e. The van der Waals surface area contributed by atoms with Crippen LogP contribution >= 0.6 is 0 Å². The topological polar surface area (TPSA) is 45.2 Å². The maximum atomic E-state index is 12.1. The summed E-state index contributed by atoms with van der Waals surface area (Å²) in [6.45, 7) is 6.80. The van der Waals surface area contributed by atoms with Crippen LogP contribution in [0.4, 0.5) is 5.82 Å². The van der Waals surface area contributed by atoms with Crippen LogP contribution < -0.4 is 5.32 Å². The van der Waals surface area contributed by atoms with Crippen molar-refractivity contribution in [2.24, 2.45) is 0 Å². The molecule has 0 aliphatic carbocycles. The first-order valence-corrected chi connectivity index (χ1v) is 5.94. The number of hydrogen-bond acceptors (Lipinski definition) is 3. The van der Waals surface area contributed by atoms with Crippen LogP contribution in [0.5, 0.6) is 0 Å². The van der Waals surface area contributed by atoms with E-state index < -0.39 is 0 Å². The van der Waals surface area contributed by atoms with Crippen LogP contribution in [0.25, 0.3) is 0 Å². The van der Waals surface area contributed by atoms with Gasteiger partial charge < -0.3 is 10.2 Å². The van der Waals surface area contributed by atoms with Crippen LogP contribution in [0.3, 0.4) is 0 Å². The lowest BCUT2D eigenvalue weighted by molar-refractivity contribution is 0.0802. The number of anilines is 1. The molecule has 0 atom stereocenters. The van der Waals surface area contributed by atoms with E-state index in [9.17, 15) is 4.79 Å². The molecule has 17 heavy (non-hydrogen) atoms. The van der Waals surface area contributed by atoms with Gasteiger partial charge >= 0.3 is 0 Å². The summed E-state index contributed by atoms with van der Waals surface area (Å²) in [4.78, 5) is 18.2. The molecule has 1 aromatic rings. The predicted octanol–water partition coefficient (Wildman–Crippen LogP) is 2.34. The molecule has 1 amide bonds. The summed E-state index contributed by atoms with van der Waals surface area (Å²) in [5, 5.41) is 2.99. The molecule has 1 rings (SSSR count). The summed E-state index contributed by atoms with van der Waals surface area (Å²) >= 11 is 0. The van der Waals surface area contributed by atoms with E-state index in [1.54, 1.807) is 18.0 Å². The Labute approximate surface area is 103 Å². The zero-order valence-corrected chi connectivity index (χ0v) is 11.2. The molecule has 0 radical (unpaired) electrons. The number of hydrogen-bond donors (Lipinski definition) is 1. The van der Waals surface area contributed by atoms with Crippen molar-refractivity contribution in [3.05, 3.63) is 23.4 Å². The zero-order valence-electron chi connectivity index (χ0n) is 11.2. The van der Waals surface area contributed by atoms with Gasteiger partial charge in [0.1, 0.15) is 5.82 Å². The molecule has 1 N–H and O–H groups in total. The van der Waals surface area contributed by atoms with Crippen LogP contribution in [-0.2, 0) is 0 Å². The van der Waals surface area contributed by atoms with Crippen LogP contribution in [0.2, 0.25) is 0 Å². The van der Waals surface area contributed by atoms with Crippen molar-refractivity contribution in [1.29, 1.82) is 0 Å². The van der Waals surface area contributed by atoms with Gasteiger partial charge in [0, 0.05) is 31.9 Å². The van der Waals surface area contributed by atoms with E-state index in [0.717, 1.165) is 11.5 Å². The Morgan fingerprint density at radius 1 is 1.47 bits per heavy atom. The molecule has 0 saturated heterocycles. The Hall–Kier alpha value is -1.58. The van der Waals surface area contributed by atoms with Gasteiger partial charge in [-0.3, -0.25) is 4.79 Å². The molecule has 0 saturated carbocycles. The quantitative estimate of drug-likeness (QED) is 0.871. The molecular formula is C13H21N3O. The standard InChI is InChI=1S/C13H21N3O/c1-6-16(5)13(17)10-7-11(9(2)3)15-12(8-10)14-4/h7-9H,6H2,1-5H3,(H,14,15). The highest BCUT2D eigenvalue weighted by atomic mass is 16.2. The molecule has 4 heteroatoms. The molecule has 0 bridgehead atoms. The Bertz CT molecular complexity index is 402. The van der Waals surface area contributed by atoms with E-state index in [4.69, 9.17) is 0 Å². The number of aromatic nitrogens is 1. The second kappa shape index (κ2) is 5.66. The van der Waals surface area contributed by atoms with E-state index in [2.05, 4.69) is 24.1 Å². The summed E-state index contributed by atoms with van der Waals surface area (Å²) in [7, 11) is 3.61. The van der Waals surface area contributed by atoms with Gasteiger partial charge in [0.2, 0.25) is 0 Å². The Balaban J connectivity index is 3.15. The summed E-state index contributed by atoms with van der Waals surface area (Å²) in [5.41, 5.74) is 1.63. The third kappa shape index (κ3) is 3.19. The van der Waals surface area contributed by atoms with Crippen molar-refractivity contribution < 1.29 is 4.79 Å². The maximum Gasteiger partial charge on any atom is 0.253 e. The minimum Gasteiger partial charge on any atom is -0.373 e. The zero-order chi connectivity index (χ0) is 13.0. The van der Waals surface area contributed by atoms with Gasteiger partial charge in [-0.1, -0.05) is 13.8 Å². The van der Waals surface area contributed by atoms with E-state index >= 15 is 0 Å². The Kier molecular flexibility index (Phi) is 4.49. The number of carbonyl (C=O) groups excluding carboxylic acids is 1. The summed E-state index contributed by atoms with van der Waals surface area (Å²) < 4.78 is 0. The van der Waals surface area contributed by atoms with E-state index in [1.165, 1.54) is 0 Å². The van der Waals surface area contributed by atoms with Gasteiger partial charge in [-0.25, -0.2) is 4.98 Å². The van der Waals surface area contributed by atoms with Crippen LogP contribution in [0.1, 0.15) is 42.7 Å². The molecule has 0 aliphatic heterocycles. The number of pyridine rings is 1. The first kappa shape index (κ1) is 13.5. The lowest BCUT2D eigenvalue weighted by Gasteiger charge is -2.16. The Morgan fingerprint density at radius 3 is 2.59 bits per heavy atom. The summed E-state index contributed by atoms with van der Waals surface area (Å²) in [6.07, 6.45) is 0. The van der Waals surface area contributed by atoms with Gasteiger partial charge in [-0.15, -0.1) is 0 Å². The smallest absolute Gasteiger partial charge is 0.253 e. The minimum atomic E-state index is 0.0355. The van der Waals surface area contributed by atoms with Gasteiger partial charge in [0.25, 0.3) is 5.91 Å². The molecule has 94 valence electrons. The lowest BCUT2D eigenvalue weighted by atomic mass is 10.1. The molecule has 0 spiro atoms. The third-order valence-electron chi connectivity index (χ3n) is 2.76. The number of rotatable bonds is 4. The van der Waals surface area contributed by atoms with Crippen molar-refractivity contribution in [2.45, 2.75) is 26.7 Å². The van der Waals surface area contributed by atoms with Crippen molar-refractivity contribution >= 4 is 11.7 Å². The van der Waals surface area contributed by atoms with Crippen LogP contribution in [0, 0.1) is 0 Å². The molecule has 0 fully saturated rings. The molecule has 0 aliphatic rings. The van der Waals surface area contributed by atoms with Crippen molar-refractivity contribution in [3.63, 3.8) is 0 Å². The summed E-state index contributed by atoms with van der Waals surface area (Å²) in [6, 6.07) is 3.67. The molecule has 0 unspecified atom stereocenters. The van der Waals surface area contributed by atoms with Gasteiger partial charge in [-0.2, -0.15) is 0 Å². The molecule has 1 aromatic heterocycles. The molecule has 0 aromatic carbocycles. The lowest BCUT2D eigenvalue weighted by Crippen LogP contribution is -2.26. The fourth-order valence-corrected chi connectivity index (χ4v) is 1.46. The number of nitrogens with zero attached hydrogens (tertiary/aromatic N) is 2. The highest BCUT2D eigenvalue weighted by molar-refractivity contribution is 5.94. The number of amides is 1. The molecular weight excluding hydrogens is 214 g/mol. The number of carbonyl (C=O) groups is 1. The minimum absolute atomic E-state index is 0.0355. The predicted molar refractivity (Wildman–Crippen MR) is 70.5 cm³/mol. The molecule has 1 heterocycles. The monoisotopic (exact) mass is 235 g/mol. The van der Waals surface area contributed by atoms with E-state index in [1.807, 2.05) is 20.0 Å². The molecule has 4 nitrogen and oxygen atoms in total. The summed E-state index contributed by atoms with van der Waals surface area (Å²) in [5.74, 6) is 1.08. The average molecular weight is 235 g/mol. The SMILES string of the molecule is CCN(C)C(=O)c1cc(NC)nc(C(C)C)c1. The maximum absolute atomic E-state index is 12.1. The first-order chi connectivity index (χ1) is 7.99. The second-order valence-corrected chi connectivity index (χ2v) is 4.39. The van der Waals surface area contributed by atoms with E-state index in [-0.39, 0.29) is 5.91 Å². The fraction of sp³-hybridized carbons (Fsp3) is 0.538. The highest BCUT2D eigenvalue weighted by Gasteiger charge is 2.14. The first-order valence-electron chi connectivity index (χ1n) is 5.94. The van der Waals surface area contributed by atoms with Crippen molar-refractivity contribution in [3.8, 4) is 0 Å². The normalized spacial score (nSPS) is 10.5. The Morgan fingerprint density at radius 2 is 2.12 bits per heavy atom. The third-order valence-corrected chi connectivity index (χ3v) is 2.76. The van der Waals surface area contributed by atoms with Gasteiger partial charge in [0.05, 0.1) is 0 Å². The van der Waals surface area contributed by atoms with Crippen molar-refractivity contribution in [2.75, 3.05) is 26.0 Å².